The van der Waals surface area contributed by atoms with Crippen molar-refractivity contribution in [1.82, 2.24) is 4.90 Å². The number of nitrogens with zero attached hydrogens (tertiary/aromatic N) is 1. The fraction of sp³-hybridized carbons (Fsp3) is 0.350. The molecular formula is C20H21F2NO3S. The summed E-state index contributed by atoms with van der Waals surface area (Å²) in [6.07, 6.45) is 1.30. The number of piperidine rings is 1. The van der Waals surface area contributed by atoms with Crippen LogP contribution in [-0.4, -0.2) is 38.1 Å². The summed E-state index contributed by atoms with van der Waals surface area (Å²) < 4.78 is 53.1. The van der Waals surface area contributed by atoms with Crippen molar-refractivity contribution in [3.8, 4) is 11.1 Å². The second kappa shape index (κ2) is 7.76. The standard InChI is InChI=1S/C20H21F2NO3S/c1-14(24)23-11-9-15(10-12-23)13-27(25,26)17-7-5-16(6-8-17)20-18(21)3-2-4-19(20)22/h2-8,15H,9-13H2,1H3. The van der Waals surface area contributed by atoms with Crippen molar-refractivity contribution in [1.29, 1.82) is 0 Å². The highest BCUT2D eigenvalue weighted by molar-refractivity contribution is 7.91. The molecule has 1 amide bonds. The summed E-state index contributed by atoms with van der Waals surface area (Å²) in [5, 5.41) is 0. The first-order valence-electron chi connectivity index (χ1n) is 8.80. The van der Waals surface area contributed by atoms with Crippen LogP contribution in [0.2, 0.25) is 0 Å². The van der Waals surface area contributed by atoms with Gasteiger partial charge in [-0.2, -0.15) is 0 Å². The summed E-state index contributed by atoms with van der Waals surface area (Å²) in [5.74, 6) is -1.38. The quantitative estimate of drug-likeness (QED) is 0.797. The maximum absolute atomic E-state index is 13.9. The lowest BCUT2D eigenvalue weighted by Crippen LogP contribution is -2.38. The van der Waals surface area contributed by atoms with Gasteiger partial charge in [0, 0.05) is 20.0 Å². The van der Waals surface area contributed by atoms with Crippen LogP contribution < -0.4 is 0 Å². The minimum Gasteiger partial charge on any atom is -0.343 e. The summed E-state index contributed by atoms with van der Waals surface area (Å²) in [7, 11) is -3.51. The monoisotopic (exact) mass is 393 g/mol. The molecule has 0 saturated carbocycles. The number of carbonyl (C=O) groups excluding carboxylic acids is 1. The molecule has 1 aliphatic rings. The Balaban J connectivity index is 1.74. The Morgan fingerprint density at radius 2 is 1.59 bits per heavy atom. The van der Waals surface area contributed by atoms with E-state index in [2.05, 4.69) is 0 Å². The van der Waals surface area contributed by atoms with Gasteiger partial charge in [-0.3, -0.25) is 4.79 Å². The van der Waals surface area contributed by atoms with E-state index in [1.54, 1.807) is 4.90 Å². The molecule has 0 bridgehead atoms. The molecule has 1 aliphatic heterocycles. The van der Waals surface area contributed by atoms with Crippen LogP contribution in [0.1, 0.15) is 19.8 Å². The van der Waals surface area contributed by atoms with Crippen molar-refractivity contribution < 1.29 is 22.0 Å². The molecule has 1 fully saturated rings. The largest absolute Gasteiger partial charge is 0.343 e. The number of benzene rings is 2. The van der Waals surface area contributed by atoms with Crippen LogP contribution in [0.25, 0.3) is 11.1 Å². The minimum absolute atomic E-state index is 0.00529. The molecule has 0 radical (unpaired) electrons. The third-order valence-electron chi connectivity index (χ3n) is 4.98. The lowest BCUT2D eigenvalue weighted by atomic mass is 9.99. The summed E-state index contributed by atoms with van der Waals surface area (Å²) in [6.45, 7) is 2.65. The number of amides is 1. The molecule has 2 aromatic rings. The molecule has 27 heavy (non-hydrogen) atoms. The Labute approximate surface area is 157 Å². The molecule has 0 aromatic heterocycles. The zero-order valence-electron chi connectivity index (χ0n) is 15.0. The van der Waals surface area contributed by atoms with Gasteiger partial charge < -0.3 is 4.90 Å². The molecule has 0 spiro atoms. The second-order valence-electron chi connectivity index (χ2n) is 6.85. The van der Waals surface area contributed by atoms with Gasteiger partial charge in [0.2, 0.25) is 5.91 Å². The number of hydrogen-bond donors (Lipinski definition) is 0. The Kier molecular flexibility index (Phi) is 5.60. The zero-order valence-corrected chi connectivity index (χ0v) is 15.8. The van der Waals surface area contributed by atoms with E-state index in [1.165, 1.54) is 37.3 Å². The molecule has 0 aliphatic carbocycles. The lowest BCUT2D eigenvalue weighted by Gasteiger charge is -2.31. The number of sulfone groups is 1. The van der Waals surface area contributed by atoms with E-state index in [-0.39, 0.29) is 28.0 Å². The molecule has 1 heterocycles. The molecule has 3 rings (SSSR count). The molecule has 0 unspecified atom stereocenters. The molecule has 2 aromatic carbocycles. The van der Waals surface area contributed by atoms with Gasteiger partial charge in [0.1, 0.15) is 11.6 Å². The fourth-order valence-electron chi connectivity index (χ4n) is 3.42. The third-order valence-corrected chi connectivity index (χ3v) is 6.88. The third kappa shape index (κ3) is 4.35. The highest BCUT2D eigenvalue weighted by atomic mass is 32.2. The fourth-order valence-corrected chi connectivity index (χ4v) is 5.12. The normalized spacial score (nSPS) is 15.7. The number of carbonyl (C=O) groups is 1. The highest BCUT2D eigenvalue weighted by Gasteiger charge is 2.26. The van der Waals surface area contributed by atoms with E-state index in [0.29, 0.717) is 31.5 Å². The van der Waals surface area contributed by atoms with Crippen molar-refractivity contribution in [3.05, 3.63) is 54.1 Å². The van der Waals surface area contributed by atoms with Gasteiger partial charge in [0.05, 0.1) is 16.2 Å². The van der Waals surface area contributed by atoms with Crippen LogP contribution >= 0.6 is 0 Å². The lowest BCUT2D eigenvalue weighted by molar-refractivity contribution is -0.130. The SMILES string of the molecule is CC(=O)N1CCC(CS(=O)(=O)c2ccc(-c3c(F)cccc3F)cc2)CC1. The second-order valence-corrected chi connectivity index (χ2v) is 8.89. The first-order valence-corrected chi connectivity index (χ1v) is 10.5. The van der Waals surface area contributed by atoms with Gasteiger partial charge in [-0.15, -0.1) is 0 Å². The maximum atomic E-state index is 13.9. The van der Waals surface area contributed by atoms with Crippen molar-refractivity contribution in [2.75, 3.05) is 18.8 Å². The number of hydrogen-bond acceptors (Lipinski definition) is 3. The number of halogens is 2. The van der Waals surface area contributed by atoms with E-state index >= 15 is 0 Å². The van der Waals surface area contributed by atoms with Gasteiger partial charge in [-0.25, -0.2) is 17.2 Å². The van der Waals surface area contributed by atoms with Gasteiger partial charge >= 0.3 is 0 Å². The molecule has 144 valence electrons. The average molecular weight is 393 g/mol. The van der Waals surface area contributed by atoms with Crippen LogP contribution in [-0.2, 0) is 14.6 Å². The van der Waals surface area contributed by atoms with E-state index in [9.17, 15) is 22.0 Å². The van der Waals surface area contributed by atoms with Crippen LogP contribution in [0.4, 0.5) is 8.78 Å². The van der Waals surface area contributed by atoms with Crippen LogP contribution in [0.5, 0.6) is 0 Å². The first kappa shape index (κ1) is 19.5. The van der Waals surface area contributed by atoms with Crippen molar-refractivity contribution in [2.45, 2.75) is 24.7 Å². The van der Waals surface area contributed by atoms with E-state index < -0.39 is 21.5 Å². The van der Waals surface area contributed by atoms with Crippen LogP contribution in [0.3, 0.4) is 0 Å². The molecule has 7 heteroatoms. The van der Waals surface area contributed by atoms with Crippen molar-refractivity contribution in [3.63, 3.8) is 0 Å². The summed E-state index contributed by atoms with van der Waals surface area (Å²) in [5.41, 5.74) is 0.123. The van der Waals surface area contributed by atoms with E-state index in [1.807, 2.05) is 0 Å². The van der Waals surface area contributed by atoms with Gasteiger partial charge in [0.25, 0.3) is 0 Å². The summed E-state index contributed by atoms with van der Waals surface area (Å²) >= 11 is 0. The molecule has 0 atom stereocenters. The predicted molar refractivity (Wildman–Crippen MR) is 98.8 cm³/mol. The Morgan fingerprint density at radius 3 is 2.11 bits per heavy atom. The van der Waals surface area contributed by atoms with E-state index in [4.69, 9.17) is 0 Å². The minimum atomic E-state index is -3.51. The maximum Gasteiger partial charge on any atom is 0.219 e. The number of rotatable bonds is 4. The molecular weight excluding hydrogens is 372 g/mol. The zero-order chi connectivity index (χ0) is 19.6. The summed E-state index contributed by atoms with van der Waals surface area (Å²) in [4.78, 5) is 13.2. The number of likely N-dealkylation sites (tertiary alicyclic amines) is 1. The topological polar surface area (TPSA) is 54.5 Å². The average Bonchev–Trinajstić information content (AvgIpc) is 2.62. The first-order chi connectivity index (χ1) is 12.8. The van der Waals surface area contributed by atoms with Crippen molar-refractivity contribution in [2.24, 2.45) is 5.92 Å². The molecule has 0 N–H and O–H groups in total. The smallest absolute Gasteiger partial charge is 0.219 e. The Bertz CT molecular complexity index is 914. The molecule has 4 nitrogen and oxygen atoms in total. The highest BCUT2D eigenvalue weighted by Crippen LogP contribution is 2.28. The Morgan fingerprint density at radius 1 is 1.04 bits per heavy atom. The van der Waals surface area contributed by atoms with Gasteiger partial charge in [-0.1, -0.05) is 18.2 Å². The van der Waals surface area contributed by atoms with Gasteiger partial charge in [-0.05, 0) is 48.6 Å². The van der Waals surface area contributed by atoms with Crippen LogP contribution in [0, 0.1) is 17.6 Å². The summed E-state index contributed by atoms with van der Waals surface area (Å²) in [6, 6.07) is 9.24. The molecule has 1 saturated heterocycles. The van der Waals surface area contributed by atoms with E-state index in [0.717, 1.165) is 12.1 Å². The Hall–Kier alpha value is -2.28. The predicted octanol–water partition coefficient (Wildman–Crippen LogP) is 3.66. The van der Waals surface area contributed by atoms with Crippen LogP contribution in [0.15, 0.2) is 47.4 Å². The van der Waals surface area contributed by atoms with Crippen molar-refractivity contribution >= 4 is 15.7 Å². The van der Waals surface area contributed by atoms with Gasteiger partial charge in [0.15, 0.2) is 9.84 Å².